The van der Waals surface area contributed by atoms with Crippen LogP contribution in [0.3, 0.4) is 0 Å². The number of anilines is 1. The highest BCUT2D eigenvalue weighted by molar-refractivity contribution is 6.33. The predicted octanol–water partition coefficient (Wildman–Crippen LogP) is 4.51. The standard InChI is InChI=1S/C24H30ClFN4O/c1-29(24-27-11-19(12-28-24)22-10-20(26)2-3-23(22)25)21-8-17-14-30(15-18(17)9-21)13-16-4-6-31-7-5-16/h2-3,10-12,16-18,21H,4-9,13-15H2,1H3/t17-,18+,21-. The normalized spacial score (nSPS) is 26.9. The molecule has 166 valence electrons. The Hall–Kier alpha value is -1.76. The molecule has 3 fully saturated rings. The summed E-state index contributed by atoms with van der Waals surface area (Å²) in [5.41, 5.74) is 1.35. The fraction of sp³-hybridized carbons (Fsp3) is 0.583. The molecule has 0 bridgehead atoms. The molecule has 31 heavy (non-hydrogen) atoms. The zero-order chi connectivity index (χ0) is 21.4. The molecular weight excluding hydrogens is 415 g/mol. The van der Waals surface area contributed by atoms with Crippen LogP contribution in [0.15, 0.2) is 30.6 Å². The van der Waals surface area contributed by atoms with Crippen LogP contribution in [0.4, 0.5) is 10.3 Å². The van der Waals surface area contributed by atoms with Gasteiger partial charge in [0, 0.05) is 74.5 Å². The first-order valence-electron chi connectivity index (χ1n) is 11.4. The van der Waals surface area contributed by atoms with E-state index in [1.165, 1.54) is 57.5 Å². The maximum absolute atomic E-state index is 13.6. The molecule has 0 radical (unpaired) electrons. The van der Waals surface area contributed by atoms with E-state index >= 15 is 0 Å². The molecule has 3 heterocycles. The second kappa shape index (κ2) is 9.00. The van der Waals surface area contributed by atoms with Crippen LogP contribution in [-0.2, 0) is 4.74 Å². The molecule has 3 aliphatic rings. The fourth-order valence-corrected chi connectivity index (χ4v) is 5.88. The molecule has 2 aromatic rings. The van der Waals surface area contributed by atoms with Crippen molar-refractivity contribution in [3.8, 4) is 11.1 Å². The molecule has 2 aliphatic heterocycles. The van der Waals surface area contributed by atoms with Crippen molar-refractivity contribution in [2.45, 2.75) is 31.7 Å². The summed E-state index contributed by atoms with van der Waals surface area (Å²) in [6.45, 7) is 5.56. The van der Waals surface area contributed by atoms with Gasteiger partial charge in [0.2, 0.25) is 5.95 Å². The number of aromatic nitrogens is 2. The third-order valence-corrected chi connectivity index (χ3v) is 7.73. The maximum Gasteiger partial charge on any atom is 0.225 e. The van der Waals surface area contributed by atoms with Crippen molar-refractivity contribution in [2.24, 2.45) is 17.8 Å². The summed E-state index contributed by atoms with van der Waals surface area (Å²) >= 11 is 6.22. The smallest absolute Gasteiger partial charge is 0.225 e. The summed E-state index contributed by atoms with van der Waals surface area (Å²) in [5, 5.41) is 0.500. The van der Waals surface area contributed by atoms with Crippen LogP contribution in [0, 0.1) is 23.6 Å². The highest BCUT2D eigenvalue weighted by Crippen LogP contribution is 2.41. The van der Waals surface area contributed by atoms with Gasteiger partial charge in [0.15, 0.2) is 0 Å². The number of ether oxygens (including phenoxy) is 1. The van der Waals surface area contributed by atoms with Crippen molar-refractivity contribution in [1.82, 2.24) is 14.9 Å². The number of halogens is 2. The van der Waals surface area contributed by atoms with Crippen LogP contribution >= 0.6 is 11.6 Å². The van der Waals surface area contributed by atoms with E-state index in [-0.39, 0.29) is 5.82 Å². The highest BCUT2D eigenvalue weighted by Gasteiger charge is 2.42. The molecule has 5 nitrogen and oxygen atoms in total. The Balaban J connectivity index is 1.18. The van der Waals surface area contributed by atoms with E-state index in [2.05, 4.69) is 26.8 Å². The molecule has 1 aliphatic carbocycles. The number of nitrogens with zero attached hydrogens (tertiary/aromatic N) is 4. The molecule has 1 saturated carbocycles. The average Bonchev–Trinajstić information content (AvgIpc) is 3.34. The molecule has 0 N–H and O–H groups in total. The topological polar surface area (TPSA) is 41.5 Å². The van der Waals surface area contributed by atoms with Crippen LogP contribution in [0.5, 0.6) is 0 Å². The van der Waals surface area contributed by atoms with Crippen molar-refractivity contribution >= 4 is 17.5 Å². The van der Waals surface area contributed by atoms with E-state index in [0.717, 1.165) is 42.5 Å². The lowest BCUT2D eigenvalue weighted by atomic mass is 10.00. The lowest BCUT2D eigenvalue weighted by Crippen LogP contribution is -2.35. The minimum atomic E-state index is -0.316. The number of hydrogen-bond donors (Lipinski definition) is 0. The van der Waals surface area contributed by atoms with Crippen LogP contribution in [0.2, 0.25) is 5.02 Å². The van der Waals surface area contributed by atoms with Gasteiger partial charge in [0.1, 0.15) is 5.82 Å². The first-order chi connectivity index (χ1) is 15.1. The third-order valence-electron chi connectivity index (χ3n) is 7.40. The Bertz CT molecular complexity index is 891. The zero-order valence-electron chi connectivity index (χ0n) is 18.0. The first kappa shape index (κ1) is 21.1. The second-order valence-electron chi connectivity index (χ2n) is 9.43. The number of likely N-dealkylation sites (tertiary alicyclic amines) is 1. The quantitative estimate of drug-likeness (QED) is 0.678. The van der Waals surface area contributed by atoms with Gasteiger partial charge < -0.3 is 14.5 Å². The van der Waals surface area contributed by atoms with Crippen LogP contribution in [0.25, 0.3) is 11.1 Å². The zero-order valence-corrected chi connectivity index (χ0v) is 18.8. The predicted molar refractivity (Wildman–Crippen MR) is 121 cm³/mol. The summed E-state index contributed by atoms with van der Waals surface area (Å²) in [5.74, 6) is 2.77. The van der Waals surface area contributed by atoms with Crippen molar-refractivity contribution < 1.29 is 9.13 Å². The van der Waals surface area contributed by atoms with E-state index < -0.39 is 0 Å². The molecule has 0 amide bonds. The summed E-state index contributed by atoms with van der Waals surface area (Å²) < 4.78 is 19.1. The molecule has 3 atom stereocenters. The minimum Gasteiger partial charge on any atom is -0.381 e. The van der Waals surface area contributed by atoms with Crippen LogP contribution in [-0.4, -0.2) is 60.8 Å². The second-order valence-corrected chi connectivity index (χ2v) is 9.83. The van der Waals surface area contributed by atoms with Gasteiger partial charge in [-0.05, 0) is 61.6 Å². The Kier molecular flexibility index (Phi) is 6.13. The summed E-state index contributed by atoms with van der Waals surface area (Å²) in [7, 11) is 2.09. The Morgan fingerprint density at radius 3 is 2.48 bits per heavy atom. The van der Waals surface area contributed by atoms with Crippen molar-refractivity contribution in [1.29, 1.82) is 0 Å². The Morgan fingerprint density at radius 1 is 1.13 bits per heavy atom. The summed E-state index contributed by atoms with van der Waals surface area (Å²) in [6.07, 6.45) is 8.31. The Labute approximate surface area is 188 Å². The highest BCUT2D eigenvalue weighted by atomic mass is 35.5. The monoisotopic (exact) mass is 444 g/mol. The van der Waals surface area contributed by atoms with Gasteiger partial charge in [-0.25, -0.2) is 14.4 Å². The summed E-state index contributed by atoms with van der Waals surface area (Å²) in [4.78, 5) is 14.0. The molecular formula is C24H30ClFN4O. The van der Waals surface area contributed by atoms with E-state index in [4.69, 9.17) is 16.3 Å². The number of benzene rings is 1. The van der Waals surface area contributed by atoms with E-state index in [0.29, 0.717) is 16.6 Å². The minimum absolute atomic E-state index is 0.316. The lowest BCUT2D eigenvalue weighted by molar-refractivity contribution is 0.0545. The number of rotatable bonds is 5. The number of hydrogen-bond acceptors (Lipinski definition) is 5. The van der Waals surface area contributed by atoms with Gasteiger partial charge in [0.25, 0.3) is 0 Å². The molecule has 7 heteroatoms. The largest absolute Gasteiger partial charge is 0.381 e. The fourth-order valence-electron chi connectivity index (χ4n) is 5.65. The number of fused-ring (bicyclic) bond motifs is 1. The molecule has 1 aromatic carbocycles. The van der Waals surface area contributed by atoms with Crippen molar-refractivity contribution in [2.75, 3.05) is 44.8 Å². The van der Waals surface area contributed by atoms with Crippen LogP contribution < -0.4 is 4.90 Å². The van der Waals surface area contributed by atoms with E-state index in [1.54, 1.807) is 18.5 Å². The van der Waals surface area contributed by atoms with Crippen LogP contribution in [0.1, 0.15) is 25.7 Å². The molecule has 0 spiro atoms. The average molecular weight is 445 g/mol. The van der Waals surface area contributed by atoms with Gasteiger partial charge >= 0.3 is 0 Å². The summed E-state index contributed by atoms with van der Waals surface area (Å²) in [6, 6.07) is 4.82. The molecule has 0 unspecified atom stereocenters. The van der Waals surface area contributed by atoms with Gasteiger partial charge in [-0.2, -0.15) is 0 Å². The molecule has 5 rings (SSSR count). The molecule has 2 saturated heterocycles. The van der Waals surface area contributed by atoms with Crippen molar-refractivity contribution in [3.63, 3.8) is 0 Å². The lowest BCUT2D eigenvalue weighted by Gasteiger charge is -2.29. The van der Waals surface area contributed by atoms with Gasteiger partial charge in [-0.15, -0.1) is 0 Å². The van der Waals surface area contributed by atoms with Gasteiger partial charge in [-0.3, -0.25) is 0 Å². The van der Waals surface area contributed by atoms with Gasteiger partial charge in [0.05, 0.1) is 0 Å². The maximum atomic E-state index is 13.6. The Morgan fingerprint density at radius 2 is 1.81 bits per heavy atom. The van der Waals surface area contributed by atoms with Gasteiger partial charge in [-0.1, -0.05) is 11.6 Å². The third kappa shape index (κ3) is 4.57. The molecule has 1 aromatic heterocycles. The first-order valence-corrected chi connectivity index (χ1v) is 11.7. The van der Waals surface area contributed by atoms with E-state index in [1.807, 2.05) is 0 Å². The van der Waals surface area contributed by atoms with E-state index in [9.17, 15) is 4.39 Å². The SMILES string of the molecule is CN(c1ncc(-c2cc(F)ccc2Cl)cn1)[C@@H]1C[C@@H]2CN(CC3CCOCC3)C[C@@H]2C1. The van der Waals surface area contributed by atoms with Crippen molar-refractivity contribution in [3.05, 3.63) is 41.4 Å².